The van der Waals surface area contributed by atoms with Crippen LogP contribution in [0.4, 0.5) is 13.6 Å². The van der Waals surface area contributed by atoms with Crippen molar-refractivity contribution in [2.24, 2.45) is 5.92 Å². The number of amides is 4. The van der Waals surface area contributed by atoms with Crippen LogP contribution in [-0.2, 0) is 16.0 Å². The van der Waals surface area contributed by atoms with Gasteiger partial charge in [-0.3, -0.25) is 14.5 Å². The molecule has 2 rings (SSSR count). The molecule has 1 aliphatic rings. The molecule has 0 aliphatic carbocycles. The number of hydrogen-bond acceptors (Lipinski definition) is 4. The highest BCUT2D eigenvalue weighted by molar-refractivity contribution is 6.08. The van der Waals surface area contributed by atoms with Gasteiger partial charge >= 0.3 is 12.6 Å². The molecule has 29 heavy (non-hydrogen) atoms. The van der Waals surface area contributed by atoms with Crippen molar-refractivity contribution >= 4 is 17.8 Å². The van der Waals surface area contributed by atoms with Crippen LogP contribution in [0.1, 0.15) is 39.7 Å². The van der Waals surface area contributed by atoms with Gasteiger partial charge in [-0.1, -0.05) is 26.0 Å². The summed E-state index contributed by atoms with van der Waals surface area (Å²) in [5, 5.41) is 5.43. The van der Waals surface area contributed by atoms with Crippen LogP contribution in [0.5, 0.6) is 5.75 Å². The Morgan fingerprint density at radius 2 is 1.83 bits per heavy atom. The minimum atomic E-state index is -2.89. The number of halogens is 2. The first-order chi connectivity index (χ1) is 13.5. The van der Waals surface area contributed by atoms with Gasteiger partial charge in [0.05, 0.1) is 0 Å². The second kappa shape index (κ2) is 9.19. The van der Waals surface area contributed by atoms with E-state index < -0.39 is 30.0 Å². The number of hydrogen-bond donors (Lipinski definition) is 2. The molecule has 1 aromatic carbocycles. The van der Waals surface area contributed by atoms with E-state index in [-0.39, 0.29) is 24.3 Å². The maximum Gasteiger partial charge on any atom is 0.387 e. The average Bonchev–Trinajstić information content (AvgIpc) is 2.84. The average molecular weight is 411 g/mol. The van der Waals surface area contributed by atoms with E-state index in [4.69, 9.17) is 0 Å². The van der Waals surface area contributed by atoms with E-state index in [1.165, 1.54) is 12.1 Å². The van der Waals surface area contributed by atoms with Gasteiger partial charge in [-0.15, -0.1) is 0 Å². The van der Waals surface area contributed by atoms with Gasteiger partial charge in [0.1, 0.15) is 17.8 Å². The van der Waals surface area contributed by atoms with Crippen molar-refractivity contribution in [1.82, 2.24) is 15.5 Å². The molecule has 2 atom stereocenters. The lowest BCUT2D eigenvalue weighted by Gasteiger charge is -2.22. The lowest BCUT2D eigenvalue weighted by atomic mass is 9.93. The molecular weight excluding hydrogens is 384 g/mol. The maximum atomic E-state index is 12.7. The number of urea groups is 1. The van der Waals surface area contributed by atoms with Gasteiger partial charge in [0.15, 0.2) is 0 Å². The highest BCUT2D eigenvalue weighted by atomic mass is 19.3. The van der Waals surface area contributed by atoms with Crippen LogP contribution in [0.25, 0.3) is 0 Å². The first-order valence-corrected chi connectivity index (χ1v) is 9.49. The number of imide groups is 1. The third-order valence-electron chi connectivity index (χ3n) is 5.10. The third-order valence-corrected chi connectivity index (χ3v) is 5.10. The molecule has 0 spiro atoms. The Hall–Kier alpha value is -2.71. The van der Waals surface area contributed by atoms with Crippen molar-refractivity contribution < 1.29 is 27.9 Å². The summed E-state index contributed by atoms with van der Waals surface area (Å²) < 4.78 is 28.7. The van der Waals surface area contributed by atoms with Crippen LogP contribution in [0, 0.1) is 5.92 Å². The SMILES string of the molecule is CC(C)C(C)NC(=O)CN1C(=O)NC(C)(CCc2ccc(OC(F)F)cc2)C1=O. The highest BCUT2D eigenvalue weighted by Crippen LogP contribution is 2.24. The number of carbonyl (C=O) groups excluding carboxylic acids is 3. The Morgan fingerprint density at radius 1 is 1.21 bits per heavy atom. The first kappa shape index (κ1) is 22.6. The molecule has 9 heteroatoms. The highest BCUT2D eigenvalue weighted by Gasteiger charge is 2.47. The lowest BCUT2D eigenvalue weighted by Crippen LogP contribution is -2.47. The van der Waals surface area contributed by atoms with E-state index in [9.17, 15) is 23.2 Å². The van der Waals surface area contributed by atoms with Crippen LogP contribution < -0.4 is 15.4 Å². The summed E-state index contributed by atoms with van der Waals surface area (Å²) in [6.07, 6.45) is 0.731. The lowest BCUT2D eigenvalue weighted by molar-refractivity contribution is -0.135. The Kier molecular flexibility index (Phi) is 7.16. The van der Waals surface area contributed by atoms with Crippen molar-refractivity contribution in [3.63, 3.8) is 0 Å². The molecular formula is C20H27F2N3O4. The van der Waals surface area contributed by atoms with Gasteiger partial charge in [-0.05, 0) is 50.3 Å². The normalized spacial score (nSPS) is 20.2. The van der Waals surface area contributed by atoms with E-state index in [2.05, 4.69) is 15.4 Å². The zero-order valence-corrected chi connectivity index (χ0v) is 17.0. The minimum absolute atomic E-state index is 0.0491. The fourth-order valence-corrected chi connectivity index (χ4v) is 2.90. The summed E-state index contributed by atoms with van der Waals surface area (Å²) in [5.74, 6) is -0.584. The number of benzene rings is 1. The zero-order valence-electron chi connectivity index (χ0n) is 17.0. The monoisotopic (exact) mass is 411 g/mol. The van der Waals surface area contributed by atoms with Crippen molar-refractivity contribution in [2.45, 2.75) is 58.7 Å². The van der Waals surface area contributed by atoms with Crippen molar-refractivity contribution in [1.29, 1.82) is 0 Å². The number of ether oxygens (including phenoxy) is 1. The molecule has 0 saturated carbocycles. The summed E-state index contributed by atoms with van der Waals surface area (Å²) in [5.41, 5.74) is -0.337. The summed E-state index contributed by atoms with van der Waals surface area (Å²) >= 11 is 0. The number of alkyl halides is 2. The molecule has 7 nitrogen and oxygen atoms in total. The Labute approximate surface area is 168 Å². The van der Waals surface area contributed by atoms with Crippen LogP contribution in [0.2, 0.25) is 0 Å². The predicted molar refractivity (Wildman–Crippen MR) is 102 cm³/mol. The van der Waals surface area contributed by atoms with Crippen molar-refractivity contribution in [2.75, 3.05) is 6.54 Å². The maximum absolute atomic E-state index is 12.7. The van der Waals surface area contributed by atoms with Gasteiger partial charge in [-0.2, -0.15) is 8.78 Å². The van der Waals surface area contributed by atoms with Crippen molar-refractivity contribution in [3.8, 4) is 5.75 Å². The number of carbonyl (C=O) groups is 3. The quantitative estimate of drug-likeness (QED) is 0.612. The van der Waals surface area contributed by atoms with E-state index in [0.717, 1.165) is 10.5 Å². The number of nitrogens with one attached hydrogen (secondary N) is 2. The van der Waals surface area contributed by atoms with Gasteiger partial charge in [-0.25, -0.2) is 4.79 Å². The largest absolute Gasteiger partial charge is 0.435 e. The number of nitrogens with zero attached hydrogens (tertiary/aromatic N) is 1. The molecule has 2 N–H and O–H groups in total. The van der Waals surface area contributed by atoms with E-state index in [1.807, 2.05) is 20.8 Å². The Balaban J connectivity index is 1.95. The summed E-state index contributed by atoms with van der Waals surface area (Å²) in [7, 11) is 0. The molecule has 2 unspecified atom stereocenters. The zero-order chi connectivity index (χ0) is 21.8. The van der Waals surface area contributed by atoms with Gasteiger partial charge in [0.2, 0.25) is 5.91 Å². The van der Waals surface area contributed by atoms with E-state index in [1.54, 1.807) is 19.1 Å². The molecule has 1 heterocycles. The van der Waals surface area contributed by atoms with Crippen LogP contribution >= 0.6 is 0 Å². The van der Waals surface area contributed by atoms with Crippen molar-refractivity contribution in [3.05, 3.63) is 29.8 Å². The van der Waals surface area contributed by atoms with E-state index in [0.29, 0.717) is 12.8 Å². The molecule has 1 aromatic rings. The van der Waals surface area contributed by atoms with E-state index >= 15 is 0 Å². The van der Waals surface area contributed by atoms with Crippen LogP contribution in [0.15, 0.2) is 24.3 Å². The predicted octanol–water partition coefficient (Wildman–Crippen LogP) is 2.69. The standard InChI is InChI=1S/C20H27F2N3O4/c1-12(2)13(3)23-16(26)11-25-17(27)20(4,24-19(25)28)10-9-14-5-7-15(8-6-14)29-18(21)22/h5-8,12-13,18H,9-11H2,1-4H3,(H,23,26)(H,24,28). The van der Waals surface area contributed by atoms with Gasteiger partial charge < -0.3 is 15.4 Å². The van der Waals surface area contributed by atoms with Gasteiger partial charge in [0, 0.05) is 6.04 Å². The number of rotatable bonds is 9. The first-order valence-electron chi connectivity index (χ1n) is 9.49. The Morgan fingerprint density at radius 3 is 2.38 bits per heavy atom. The Bertz CT molecular complexity index is 755. The fourth-order valence-electron chi connectivity index (χ4n) is 2.90. The molecule has 4 amide bonds. The minimum Gasteiger partial charge on any atom is -0.435 e. The molecule has 0 aromatic heterocycles. The summed E-state index contributed by atoms with van der Waals surface area (Å²) in [6.45, 7) is 4.16. The molecule has 1 saturated heterocycles. The number of aryl methyl sites for hydroxylation is 1. The second-order valence-electron chi connectivity index (χ2n) is 7.78. The molecule has 0 radical (unpaired) electrons. The molecule has 160 valence electrons. The van der Waals surface area contributed by atoms with Crippen LogP contribution in [0.3, 0.4) is 0 Å². The van der Waals surface area contributed by atoms with Crippen LogP contribution in [-0.4, -0.2) is 47.5 Å². The third kappa shape index (κ3) is 5.88. The second-order valence-corrected chi connectivity index (χ2v) is 7.78. The molecule has 0 bridgehead atoms. The molecule has 1 fully saturated rings. The topological polar surface area (TPSA) is 87.7 Å². The van der Waals surface area contributed by atoms with Gasteiger partial charge in [0.25, 0.3) is 5.91 Å². The summed E-state index contributed by atoms with van der Waals surface area (Å²) in [6, 6.07) is 5.41. The fraction of sp³-hybridized carbons (Fsp3) is 0.550. The smallest absolute Gasteiger partial charge is 0.387 e. The summed E-state index contributed by atoms with van der Waals surface area (Å²) in [4.78, 5) is 38.1. The molecule has 1 aliphatic heterocycles.